The molecular formula is C26H28FNO2. The third-order valence-corrected chi connectivity index (χ3v) is 5.08. The summed E-state index contributed by atoms with van der Waals surface area (Å²) in [5.74, 6) is -0.663. The second kappa shape index (κ2) is 11.3. The number of esters is 1. The van der Waals surface area contributed by atoms with Gasteiger partial charge in [0.25, 0.3) is 0 Å². The Balaban J connectivity index is 1.47. The van der Waals surface area contributed by atoms with Gasteiger partial charge in [0.1, 0.15) is 0 Å². The first-order valence-electron chi connectivity index (χ1n) is 10.4. The van der Waals surface area contributed by atoms with Gasteiger partial charge >= 0.3 is 5.97 Å². The van der Waals surface area contributed by atoms with Gasteiger partial charge in [0.2, 0.25) is 0 Å². The van der Waals surface area contributed by atoms with Crippen molar-refractivity contribution in [2.75, 3.05) is 13.1 Å². The molecule has 0 saturated heterocycles. The molecule has 0 aliphatic heterocycles. The quantitative estimate of drug-likeness (QED) is 0.275. The number of hydrogen-bond donors (Lipinski definition) is 1. The second-order valence-electron chi connectivity index (χ2n) is 7.37. The summed E-state index contributed by atoms with van der Waals surface area (Å²) in [7, 11) is 0. The van der Waals surface area contributed by atoms with Gasteiger partial charge in [-0.3, -0.25) is 4.79 Å². The zero-order valence-corrected chi connectivity index (χ0v) is 17.3. The Morgan fingerprint density at radius 1 is 0.933 bits per heavy atom. The van der Waals surface area contributed by atoms with Crippen molar-refractivity contribution >= 4 is 5.97 Å². The fraction of sp³-hybridized carbons (Fsp3) is 0.269. The molecule has 156 valence electrons. The van der Waals surface area contributed by atoms with Crippen LogP contribution in [0.25, 0.3) is 0 Å². The number of nitrogens with one attached hydrogen (secondary N) is 1. The molecule has 0 atom stereocenters. The van der Waals surface area contributed by atoms with Crippen LogP contribution in [0.15, 0.2) is 78.9 Å². The maximum atomic E-state index is 13.7. The Morgan fingerprint density at radius 3 is 2.17 bits per heavy atom. The Morgan fingerprint density at radius 2 is 1.57 bits per heavy atom. The van der Waals surface area contributed by atoms with E-state index in [1.165, 1.54) is 24.1 Å². The van der Waals surface area contributed by atoms with Gasteiger partial charge in [-0.05, 0) is 61.2 Å². The van der Waals surface area contributed by atoms with E-state index in [1.807, 2.05) is 12.1 Å². The van der Waals surface area contributed by atoms with Crippen molar-refractivity contribution in [2.45, 2.75) is 32.1 Å². The topological polar surface area (TPSA) is 38.3 Å². The molecule has 3 nitrogen and oxygen atoms in total. The van der Waals surface area contributed by atoms with Crippen LogP contribution in [0.2, 0.25) is 0 Å². The highest BCUT2D eigenvalue weighted by atomic mass is 19.1. The number of ether oxygens (including phenoxy) is 1. The number of aryl methyl sites for hydroxylation is 1. The van der Waals surface area contributed by atoms with Crippen LogP contribution in [0.5, 0.6) is 5.75 Å². The van der Waals surface area contributed by atoms with E-state index in [9.17, 15) is 9.18 Å². The highest BCUT2D eigenvalue weighted by molar-refractivity contribution is 5.69. The van der Waals surface area contributed by atoms with Crippen molar-refractivity contribution in [1.29, 1.82) is 0 Å². The average molecular weight is 406 g/mol. The standard InChI is InChI=1S/C26H28FNO2/c1-20(29)30-26-19-21(14-15-25(26)27)9-8-17-28-18-16-24(22-10-4-2-5-11-22)23-12-6-3-7-13-23/h2-7,10-15,19,24,28H,8-9,16-18H2,1H3. The van der Waals surface area contributed by atoms with Gasteiger partial charge in [-0.2, -0.15) is 0 Å². The molecule has 3 rings (SSSR count). The smallest absolute Gasteiger partial charge is 0.308 e. The summed E-state index contributed by atoms with van der Waals surface area (Å²) >= 11 is 0. The largest absolute Gasteiger partial charge is 0.424 e. The lowest BCUT2D eigenvalue weighted by Gasteiger charge is -2.18. The second-order valence-corrected chi connectivity index (χ2v) is 7.37. The first-order chi connectivity index (χ1) is 14.6. The van der Waals surface area contributed by atoms with E-state index in [1.54, 1.807) is 12.1 Å². The number of carbonyl (C=O) groups excluding carboxylic acids is 1. The summed E-state index contributed by atoms with van der Waals surface area (Å²) in [5.41, 5.74) is 3.62. The van der Waals surface area contributed by atoms with E-state index in [0.29, 0.717) is 5.92 Å². The fourth-order valence-electron chi connectivity index (χ4n) is 3.62. The van der Waals surface area contributed by atoms with Crippen LogP contribution >= 0.6 is 0 Å². The fourth-order valence-corrected chi connectivity index (χ4v) is 3.62. The summed E-state index contributed by atoms with van der Waals surface area (Å²) in [6.07, 6.45) is 2.73. The van der Waals surface area contributed by atoms with Crippen LogP contribution in [-0.2, 0) is 11.2 Å². The Bertz CT molecular complexity index is 889. The molecular weight excluding hydrogens is 377 g/mol. The predicted octanol–water partition coefficient (Wildman–Crippen LogP) is 5.50. The van der Waals surface area contributed by atoms with Gasteiger partial charge in [0, 0.05) is 12.8 Å². The first-order valence-corrected chi connectivity index (χ1v) is 10.4. The van der Waals surface area contributed by atoms with Gasteiger partial charge in [-0.15, -0.1) is 0 Å². The number of rotatable bonds is 10. The predicted molar refractivity (Wildman–Crippen MR) is 118 cm³/mol. The molecule has 0 bridgehead atoms. The molecule has 30 heavy (non-hydrogen) atoms. The lowest BCUT2D eigenvalue weighted by molar-refractivity contribution is -0.132. The van der Waals surface area contributed by atoms with Crippen LogP contribution in [-0.4, -0.2) is 19.1 Å². The number of carbonyl (C=O) groups is 1. The molecule has 0 saturated carbocycles. The first kappa shape index (κ1) is 21.7. The molecule has 3 aromatic rings. The monoisotopic (exact) mass is 405 g/mol. The highest BCUT2D eigenvalue weighted by Crippen LogP contribution is 2.27. The Kier molecular flexibility index (Phi) is 8.16. The number of benzene rings is 3. The molecule has 0 unspecified atom stereocenters. The molecule has 3 aromatic carbocycles. The molecule has 0 spiro atoms. The molecule has 4 heteroatoms. The lowest BCUT2D eigenvalue weighted by atomic mass is 9.88. The summed E-state index contributed by atoms with van der Waals surface area (Å²) in [6, 6.07) is 25.9. The van der Waals surface area contributed by atoms with Crippen molar-refractivity contribution in [1.82, 2.24) is 5.32 Å². The van der Waals surface area contributed by atoms with Gasteiger partial charge in [0.05, 0.1) is 0 Å². The summed E-state index contributed by atoms with van der Waals surface area (Å²) in [4.78, 5) is 11.1. The van der Waals surface area contributed by atoms with Crippen LogP contribution in [0, 0.1) is 5.82 Å². The van der Waals surface area contributed by atoms with Crippen molar-refractivity contribution in [3.8, 4) is 5.75 Å². The van der Waals surface area contributed by atoms with E-state index in [2.05, 4.69) is 53.8 Å². The molecule has 0 aliphatic carbocycles. The van der Waals surface area contributed by atoms with E-state index in [0.717, 1.165) is 37.9 Å². The molecule has 0 aromatic heterocycles. The SMILES string of the molecule is CC(=O)Oc1cc(CCCNCCC(c2ccccc2)c2ccccc2)ccc1F. The normalized spacial score (nSPS) is 10.9. The highest BCUT2D eigenvalue weighted by Gasteiger charge is 2.13. The summed E-state index contributed by atoms with van der Waals surface area (Å²) < 4.78 is 18.6. The minimum atomic E-state index is -0.515. The van der Waals surface area contributed by atoms with Crippen LogP contribution in [0.1, 0.15) is 42.4 Å². The average Bonchev–Trinajstić information content (AvgIpc) is 2.76. The van der Waals surface area contributed by atoms with E-state index < -0.39 is 11.8 Å². The lowest BCUT2D eigenvalue weighted by Crippen LogP contribution is -2.19. The minimum Gasteiger partial charge on any atom is -0.424 e. The maximum Gasteiger partial charge on any atom is 0.308 e. The summed E-state index contributed by atoms with van der Waals surface area (Å²) in [6.45, 7) is 3.06. The van der Waals surface area contributed by atoms with Crippen molar-refractivity contribution < 1.29 is 13.9 Å². The van der Waals surface area contributed by atoms with E-state index in [4.69, 9.17) is 4.74 Å². The van der Waals surface area contributed by atoms with Crippen molar-refractivity contribution in [3.63, 3.8) is 0 Å². The molecule has 0 heterocycles. The van der Waals surface area contributed by atoms with Crippen LogP contribution in [0.4, 0.5) is 4.39 Å². The zero-order chi connectivity index (χ0) is 21.2. The van der Waals surface area contributed by atoms with Gasteiger partial charge in [-0.25, -0.2) is 4.39 Å². The number of halogens is 1. The molecule has 1 N–H and O–H groups in total. The van der Waals surface area contributed by atoms with E-state index in [-0.39, 0.29) is 5.75 Å². The maximum absolute atomic E-state index is 13.7. The third-order valence-electron chi connectivity index (χ3n) is 5.08. The van der Waals surface area contributed by atoms with Crippen LogP contribution < -0.4 is 10.1 Å². The number of hydrogen-bond acceptors (Lipinski definition) is 3. The van der Waals surface area contributed by atoms with E-state index >= 15 is 0 Å². The van der Waals surface area contributed by atoms with Crippen LogP contribution in [0.3, 0.4) is 0 Å². The van der Waals surface area contributed by atoms with Gasteiger partial charge in [-0.1, -0.05) is 66.7 Å². The molecule has 0 radical (unpaired) electrons. The summed E-state index contributed by atoms with van der Waals surface area (Å²) in [5, 5.41) is 3.52. The molecule has 0 amide bonds. The minimum absolute atomic E-state index is 0.00141. The van der Waals surface area contributed by atoms with Crippen molar-refractivity contribution in [3.05, 3.63) is 101 Å². The van der Waals surface area contributed by atoms with Crippen molar-refractivity contribution in [2.24, 2.45) is 0 Å². The Labute approximate surface area is 177 Å². The zero-order valence-electron chi connectivity index (χ0n) is 17.3. The Hall–Kier alpha value is -2.98. The molecule has 0 fully saturated rings. The third kappa shape index (κ3) is 6.53. The van der Waals surface area contributed by atoms with Gasteiger partial charge in [0.15, 0.2) is 11.6 Å². The molecule has 0 aliphatic rings. The van der Waals surface area contributed by atoms with Gasteiger partial charge < -0.3 is 10.1 Å².